The van der Waals surface area contributed by atoms with E-state index in [0.717, 1.165) is 24.9 Å². The van der Waals surface area contributed by atoms with Crippen molar-refractivity contribution in [2.45, 2.75) is 70.3 Å². The predicted octanol–water partition coefficient (Wildman–Crippen LogP) is 3.54. The van der Waals surface area contributed by atoms with E-state index in [2.05, 4.69) is 10.2 Å². The van der Waals surface area contributed by atoms with Crippen LogP contribution in [0.1, 0.15) is 64.2 Å². The van der Waals surface area contributed by atoms with Gasteiger partial charge < -0.3 is 10.2 Å². The van der Waals surface area contributed by atoms with Crippen LogP contribution in [0.2, 0.25) is 0 Å². The first-order valence-electron chi connectivity index (χ1n) is 8.37. The summed E-state index contributed by atoms with van der Waals surface area (Å²) in [5, 5.41) is 3.14. The Hall–Kier alpha value is -0.730. The Kier molecular flexibility index (Phi) is 4.29. The van der Waals surface area contributed by atoms with Crippen LogP contribution < -0.4 is 5.32 Å². The highest BCUT2D eigenvalue weighted by Crippen LogP contribution is 2.32. The van der Waals surface area contributed by atoms with E-state index in [1.54, 1.807) is 0 Å². The number of nitrogens with zero attached hydrogens (tertiary/aromatic N) is 1. The Balaban J connectivity index is 1.46. The molecule has 1 atom stereocenters. The van der Waals surface area contributed by atoms with E-state index in [1.807, 2.05) is 0 Å². The Morgan fingerprint density at radius 1 is 0.947 bits per heavy atom. The lowest BCUT2D eigenvalue weighted by Gasteiger charge is -2.30. The smallest absolute Gasteiger partial charge is 0.317 e. The summed E-state index contributed by atoms with van der Waals surface area (Å²) >= 11 is 0. The second-order valence-electron chi connectivity index (χ2n) is 6.86. The van der Waals surface area contributed by atoms with Crippen LogP contribution in [0.5, 0.6) is 0 Å². The minimum Gasteiger partial charge on any atom is -0.338 e. The predicted molar refractivity (Wildman–Crippen MR) is 77.0 cm³/mol. The molecule has 0 radical (unpaired) electrons. The molecule has 1 N–H and O–H groups in total. The summed E-state index contributed by atoms with van der Waals surface area (Å²) in [7, 11) is 0. The normalized spacial score (nSPS) is 28.6. The molecule has 2 amide bonds. The van der Waals surface area contributed by atoms with Crippen LogP contribution in [0, 0.1) is 11.8 Å². The minimum atomic E-state index is 0.213. The summed E-state index contributed by atoms with van der Waals surface area (Å²) < 4.78 is 0. The van der Waals surface area contributed by atoms with Gasteiger partial charge in [0.15, 0.2) is 0 Å². The summed E-state index contributed by atoms with van der Waals surface area (Å²) in [5.74, 6) is 1.67. The van der Waals surface area contributed by atoms with Crippen molar-refractivity contribution in [3.05, 3.63) is 0 Å². The molecule has 3 nitrogen and oxygen atoms in total. The van der Waals surface area contributed by atoms with E-state index >= 15 is 0 Å². The zero-order valence-electron chi connectivity index (χ0n) is 12.1. The van der Waals surface area contributed by atoms with Crippen molar-refractivity contribution in [3.8, 4) is 0 Å². The number of urea groups is 1. The molecule has 1 heterocycles. The standard InChI is InChI=1S/C16H28N2O/c19-16(17-12-14-8-9-14)18-10-4-7-15(18)11-13-5-2-1-3-6-13/h13-15H,1-12H2,(H,17,19)/t15-/m1/s1. The summed E-state index contributed by atoms with van der Waals surface area (Å²) in [5.41, 5.74) is 0. The van der Waals surface area contributed by atoms with Gasteiger partial charge in [-0.1, -0.05) is 32.1 Å². The third-order valence-electron chi connectivity index (χ3n) is 5.21. The molecule has 3 fully saturated rings. The molecule has 2 saturated carbocycles. The van der Waals surface area contributed by atoms with Gasteiger partial charge >= 0.3 is 6.03 Å². The van der Waals surface area contributed by atoms with Gasteiger partial charge in [-0.05, 0) is 43.9 Å². The fourth-order valence-corrected chi connectivity index (χ4v) is 3.81. The lowest BCUT2D eigenvalue weighted by atomic mass is 9.84. The fraction of sp³-hybridized carbons (Fsp3) is 0.938. The molecule has 3 aliphatic rings. The Labute approximate surface area is 117 Å². The number of hydrogen-bond acceptors (Lipinski definition) is 1. The van der Waals surface area contributed by atoms with Crippen molar-refractivity contribution in [3.63, 3.8) is 0 Å². The van der Waals surface area contributed by atoms with E-state index in [-0.39, 0.29) is 6.03 Å². The average Bonchev–Trinajstić information content (AvgIpc) is 3.16. The number of hydrogen-bond donors (Lipinski definition) is 1. The van der Waals surface area contributed by atoms with Gasteiger partial charge in [0.25, 0.3) is 0 Å². The van der Waals surface area contributed by atoms with E-state index < -0.39 is 0 Å². The van der Waals surface area contributed by atoms with E-state index in [9.17, 15) is 4.79 Å². The third-order valence-corrected chi connectivity index (χ3v) is 5.21. The maximum atomic E-state index is 12.2. The van der Waals surface area contributed by atoms with Crippen LogP contribution in [0.25, 0.3) is 0 Å². The van der Waals surface area contributed by atoms with Gasteiger partial charge in [0.05, 0.1) is 0 Å². The molecule has 1 saturated heterocycles. The molecular weight excluding hydrogens is 236 g/mol. The first kappa shape index (κ1) is 13.3. The van der Waals surface area contributed by atoms with Crippen molar-refractivity contribution in [2.75, 3.05) is 13.1 Å². The van der Waals surface area contributed by atoms with Gasteiger partial charge in [-0.25, -0.2) is 4.79 Å². The van der Waals surface area contributed by atoms with Gasteiger partial charge in [-0.3, -0.25) is 0 Å². The van der Waals surface area contributed by atoms with Crippen molar-refractivity contribution < 1.29 is 4.79 Å². The van der Waals surface area contributed by atoms with Gasteiger partial charge in [-0.2, -0.15) is 0 Å². The molecular formula is C16H28N2O. The summed E-state index contributed by atoms with van der Waals surface area (Å²) in [6, 6.07) is 0.743. The van der Waals surface area contributed by atoms with Crippen molar-refractivity contribution in [1.29, 1.82) is 0 Å². The zero-order valence-corrected chi connectivity index (χ0v) is 12.1. The molecule has 0 unspecified atom stereocenters. The minimum absolute atomic E-state index is 0.213. The molecule has 0 spiro atoms. The van der Waals surface area contributed by atoms with Gasteiger partial charge in [0.1, 0.15) is 0 Å². The second-order valence-corrected chi connectivity index (χ2v) is 6.86. The number of carbonyl (C=O) groups is 1. The van der Waals surface area contributed by atoms with E-state index in [1.165, 1.54) is 64.2 Å². The van der Waals surface area contributed by atoms with Crippen LogP contribution in [-0.2, 0) is 0 Å². The maximum Gasteiger partial charge on any atom is 0.317 e. The lowest BCUT2D eigenvalue weighted by molar-refractivity contribution is 0.177. The average molecular weight is 264 g/mol. The van der Waals surface area contributed by atoms with E-state index in [4.69, 9.17) is 0 Å². The fourth-order valence-electron chi connectivity index (χ4n) is 3.81. The Bertz CT molecular complexity index is 308. The number of carbonyl (C=O) groups excluding carboxylic acids is 1. The first-order chi connectivity index (χ1) is 9.33. The van der Waals surface area contributed by atoms with Crippen LogP contribution in [0.4, 0.5) is 4.79 Å². The third kappa shape index (κ3) is 3.64. The Morgan fingerprint density at radius 3 is 2.47 bits per heavy atom. The van der Waals surface area contributed by atoms with Crippen LogP contribution in [0.15, 0.2) is 0 Å². The summed E-state index contributed by atoms with van der Waals surface area (Å²) in [6.07, 6.45) is 13.3. The molecule has 1 aliphatic heterocycles. The SMILES string of the molecule is O=C(NCC1CC1)N1CCC[C@@H]1CC1CCCCC1. The summed E-state index contributed by atoms with van der Waals surface area (Å²) in [6.45, 7) is 1.89. The monoisotopic (exact) mass is 264 g/mol. The van der Waals surface area contributed by atoms with Crippen molar-refractivity contribution in [2.24, 2.45) is 11.8 Å². The number of likely N-dealkylation sites (tertiary alicyclic amines) is 1. The zero-order chi connectivity index (χ0) is 13.1. The molecule has 0 aromatic heterocycles. The highest BCUT2D eigenvalue weighted by atomic mass is 16.2. The van der Waals surface area contributed by atoms with E-state index in [0.29, 0.717) is 6.04 Å². The molecule has 3 rings (SSSR count). The molecule has 3 heteroatoms. The largest absolute Gasteiger partial charge is 0.338 e. The van der Waals surface area contributed by atoms with Crippen molar-refractivity contribution in [1.82, 2.24) is 10.2 Å². The quantitative estimate of drug-likeness (QED) is 0.827. The van der Waals surface area contributed by atoms with Crippen LogP contribution in [0.3, 0.4) is 0 Å². The number of nitrogens with one attached hydrogen (secondary N) is 1. The lowest BCUT2D eigenvalue weighted by Crippen LogP contribution is -2.44. The van der Waals surface area contributed by atoms with Gasteiger partial charge in [0, 0.05) is 19.1 Å². The first-order valence-corrected chi connectivity index (χ1v) is 8.37. The molecule has 0 aromatic carbocycles. The van der Waals surface area contributed by atoms with Crippen molar-refractivity contribution >= 4 is 6.03 Å². The van der Waals surface area contributed by atoms with Gasteiger partial charge in [0.2, 0.25) is 0 Å². The number of rotatable bonds is 4. The highest BCUT2D eigenvalue weighted by Gasteiger charge is 2.32. The molecule has 108 valence electrons. The highest BCUT2D eigenvalue weighted by molar-refractivity contribution is 5.74. The molecule has 0 aromatic rings. The van der Waals surface area contributed by atoms with Gasteiger partial charge in [-0.15, -0.1) is 0 Å². The summed E-state index contributed by atoms with van der Waals surface area (Å²) in [4.78, 5) is 14.4. The molecule has 0 bridgehead atoms. The maximum absolute atomic E-state index is 12.2. The van der Waals surface area contributed by atoms with Crippen LogP contribution in [-0.4, -0.2) is 30.1 Å². The Morgan fingerprint density at radius 2 is 1.74 bits per heavy atom. The molecule has 19 heavy (non-hydrogen) atoms. The number of amides is 2. The molecule has 2 aliphatic carbocycles. The van der Waals surface area contributed by atoms with Crippen LogP contribution >= 0.6 is 0 Å². The topological polar surface area (TPSA) is 32.3 Å². The second kappa shape index (κ2) is 6.15.